The number of nitrogens with zero attached hydrogens (tertiary/aromatic N) is 1. The predicted molar refractivity (Wildman–Crippen MR) is 45.6 cm³/mol. The summed E-state index contributed by atoms with van der Waals surface area (Å²) in [6.45, 7) is 7.39. The number of rotatable bonds is 1. The van der Waals surface area contributed by atoms with E-state index in [0.717, 1.165) is 11.0 Å². The van der Waals surface area contributed by atoms with Crippen LogP contribution in [0, 0.1) is 12.3 Å². The highest BCUT2D eigenvalue weighted by atomic mass is 15.3. The lowest BCUT2D eigenvalue weighted by Gasteiger charge is -2.40. The molecule has 58 valence electrons. The molecule has 0 aromatic heterocycles. The molecule has 10 heavy (non-hydrogen) atoms. The van der Waals surface area contributed by atoms with Crippen LogP contribution < -0.4 is 0 Å². The van der Waals surface area contributed by atoms with Crippen LogP contribution in [0.2, 0.25) is 0 Å². The highest BCUT2D eigenvalue weighted by molar-refractivity contribution is 4.84. The topological polar surface area (TPSA) is 0 Å². The van der Waals surface area contributed by atoms with Crippen molar-refractivity contribution < 1.29 is 4.48 Å². The van der Waals surface area contributed by atoms with Crippen LogP contribution in [0.1, 0.15) is 20.8 Å². The first-order valence-corrected chi connectivity index (χ1v) is 3.58. The van der Waals surface area contributed by atoms with Gasteiger partial charge >= 0.3 is 0 Å². The van der Waals surface area contributed by atoms with E-state index in [2.05, 4.69) is 40.8 Å². The average Bonchev–Trinajstić information content (AvgIpc) is 1.61. The van der Waals surface area contributed by atoms with E-state index in [9.17, 15) is 0 Å². The summed E-state index contributed by atoms with van der Waals surface area (Å²) in [4.78, 5) is 0. The first-order valence-electron chi connectivity index (χ1n) is 3.58. The Balaban J connectivity index is 4.28. The second-order valence-electron chi connectivity index (χ2n) is 4.22. The van der Waals surface area contributed by atoms with Gasteiger partial charge in [0.25, 0.3) is 0 Å². The van der Waals surface area contributed by atoms with E-state index in [1.165, 1.54) is 0 Å². The van der Waals surface area contributed by atoms with Gasteiger partial charge in [0.05, 0.1) is 19.6 Å². The molecule has 1 nitrogen and oxygen atoms in total. The molecule has 0 fully saturated rings. The quantitative estimate of drug-likeness (QED) is 0.382. The number of hydrogen-bond acceptors (Lipinski definition) is 0. The first kappa shape index (κ1) is 9.52. The predicted octanol–water partition coefficient (Wildman–Crippen LogP) is 1.49. The molecule has 0 atom stereocenters. The summed E-state index contributed by atoms with van der Waals surface area (Å²) in [5.41, 5.74) is 0.242. The van der Waals surface area contributed by atoms with E-state index < -0.39 is 0 Å². The molecule has 0 amide bonds. The van der Waals surface area contributed by atoms with Gasteiger partial charge in [0.15, 0.2) is 0 Å². The third kappa shape index (κ3) is 2.04. The van der Waals surface area contributed by atoms with Crippen molar-refractivity contribution in [2.24, 2.45) is 0 Å². The maximum atomic E-state index is 5.25. The summed E-state index contributed by atoms with van der Waals surface area (Å²) in [5, 5.41) is 0. The molecule has 0 unspecified atom stereocenters. The zero-order valence-corrected chi connectivity index (χ0v) is 7.73. The molecule has 0 aliphatic rings. The van der Waals surface area contributed by atoms with Crippen molar-refractivity contribution in [2.75, 3.05) is 20.6 Å². The van der Waals surface area contributed by atoms with Crippen LogP contribution in [0.25, 0.3) is 0 Å². The molecule has 1 heteroatoms. The lowest BCUT2D eigenvalue weighted by molar-refractivity contribution is -0.929. The fourth-order valence-corrected chi connectivity index (χ4v) is 0.465. The largest absolute Gasteiger partial charge is 0.314 e. The fraction of sp³-hybridized carbons (Fsp3) is 0.778. The van der Waals surface area contributed by atoms with E-state index in [1.54, 1.807) is 0 Å². The van der Waals surface area contributed by atoms with E-state index in [1.807, 2.05) is 0 Å². The lowest BCUT2D eigenvalue weighted by Crippen LogP contribution is -2.54. The molecule has 0 spiro atoms. The summed E-state index contributed by atoms with van der Waals surface area (Å²) in [7, 11) is 4.31. The molecule has 0 rings (SSSR count). The Morgan fingerprint density at radius 3 is 1.80 bits per heavy atom. The molecule has 0 heterocycles. The van der Waals surface area contributed by atoms with Gasteiger partial charge in [-0.2, -0.15) is 0 Å². The molecule has 0 aromatic carbocycles. The molecule has 0 N–H and O–H groups in total. The number of quaternary nitrogens is 1. The van der Waals surface area contributed by atoms with E-state index in [-0.39, 0.29) is 5.54 Å². The van der Waals surface area contributed by atoms with Gasteiger partial charge in [-0.05, 0) is 26.7 Å². The van der Waals surface area contributed by atoms with Gasteiger partial charge in [0.2, 0.25) is 0 Å². The lowest BCUT2D eigenvalue weighted by atomic mass is 10.0. The van der Waals surface area contributed by atoms with E-state index in [4.69, 9.17) is 6.42 Å². The average molecular weight is 140 g/mol. The smallest absolute Gasteiger partial charge is 0.140 e. The van der Waals surface area contributed by atoms with Crippen LogP contribution in [-0.2, 0) is 0 Å². The highest BCUT2D eigenvalue weighted by Gasteiger charge is 2.30. The Morgan fingerprint density at radius 2 is 1.70 bits per heavy atom. The number of terminal acetylenes is 1. The molecule has 0 saturated heterocycles. The summed E-state index contributed by atoms with van der Waals surface area (Å²) < 4.78 is 0.878. The standard InChI is InChI=1S/C9H18N/c1-7-8-10(5,6)9(2,3)4/h1H,8H2,2-6H3/q+1. The van der Waals surface area contributed by atoms with Crippen molar-refractivity contribution in [3.63, 3.8) is 0 Å². The highest BCUT2D eigenvalue weighted by Crippen LogP contribution is 2.17. The van der Waals surface area contributed by atoms with Gasteiger partial charge in [0.1, 0.15) is 6.54 Å². The van der Waals surface area contributed by atoms with Crippen molar-refractivity contribution in [1.29, 1.82) is 0 Å². The zero-order valence-electron chi connectivity index (χ0n) is 7.73. The van der Waals surface area contributed by atoms with Crippen LogP contribution in [0.5, 0.6) is 0 Å². The minimum Gasteiger partial charge on any atom is -0.314 e. The van der Waals surface area contributed by atoms with Gasteiger partial charge in [-0.25, -0.2) is 0 Å². The van der Waals surface area contributed by atoms with Crippen molar-refractivity contribution in [3.05, 3.63) is 0 Å². The van der Waals surface area contributed by atoms with Crippen LogP contribution in [-0.4, -0.2) is 30.7 Å². The maximum Gasteiger partial charge on any atom is 0.140 e. The molecule has 0 saturated carbocycles. The van der Waals surface area contributed by atoms with Crippen LogP contribution >= 0.6 is 0 Å². The monoisotopic (exact) mass is 140 g/mol. The minimum absolute atomic E-state index is 0.242. The SMILES string of the molecule is C#CC[N+](C)(C)C(C)(C)C. The van der Waals surface area contributed by atoms with Gasteiger partial charge in [-0.15, -0.1) is 6.42 Å². The molecule has 0 bridgehead atoms. The Bertz CT molecular complexity index is 143. The second-order valence-corrected chi connectivity index (χ2v) is 4.22. The van der Waals surface area contributed by atoms with Gasteiger partial charge in [-0.1, -0.05) is 0 Å². The summed E-state index contributed by atoms with van der Waals surface area (Å²) in [6.07, 6.45) is 5.25. The summed E-state index contributed by atoms with van der Waals surface area (Å²) in [5.74, 6) is 2.69. The normalized spacial score (nSPS) is 12.8. The van der Waals surface area contributed by atoms with Crippen LogP contribution in [0.4, 0.5) is 0 Å². The molecular formula is C9H18N+. The van der Waals surface area contributed by atoms with Crippen LogP contribution in [0.15, 0.2) is 0 Å². The van der Waals surface area contributed by atoms with Gasteiger partial charge < -0.3 is 4.48 Å². The maximum absolute atomic E-state index is 5.25. The first-order chi connectivity index (χ1) is 4.31. The molecular weight excluding hydrogens is 122 g/mol. The van der Waals surface area contributed by atoms with E-state index >= 15 is 0 Å². The Morgan fingerprint density at radius 1 is 1.30 bits per heavy atom. The summed E-state index contributed by atoms with van der Waals surface area (Å²) >= 11 is 0. The minimum atomic E-state index is 0.242. The van der Waals surface area contributed by atoms with Gasteiger partial charge in [0, 0.05) is 0 Å². The Labute approximate surface area is 64.6 Å². The third-order valence-corrected chi connectivity index (χ3v) is 2.30. The van der Waals surface area contributed by atoms with Crippen LogP contribution in [0.3, 0.4) is 0 Å². The Kier molecular flexibility index (Phi) is 2.51. The van der Waals surface area contributed by atoms with Crippen molar-refractivity contribution in [3.8, 4) is 12.3 Å². The van der Waals surface area contributed by atoms with Crippen molar-refractivity contribution in [1.82, 2.24) is 0 Å². The van der Waals surface area contributed by atoms with Crippen molar-refractivity contribution >= 4 is 0 Å². The van der Waals surface area contributed by atoms with Crippen molar-refractivity contribution in [2.45, 2.75) is 26.3 Å². The zero-order chi connectivity index (χ0) is 8.41. The second kappa shape index (κ2) is 2.64. The molecule has 0 aliphatic carbocycles. The molecule has 0 aliphatic heterocycles. The Hall–Kier alpha value is -0.480. The molecule has 0 aromatic rings. The third-order valence-electron chi connectivity index (χ3n) is 2.30. The summed E-state index contributed by atoms with van der Waals surface area (Å²) in [6, 6.07) is 0. The molecule has 0 radical (unpaired) electrons. The van der Waals surface area contributed by atoms with E-state index in [0.29, 0.717) is 0 Å². The number of hydrogen-bond donors (Lipinski definition) is 0. The fourth-order valence-electron chi connectivity index (χ4n) is 0.465. The van der Waals surface area contributed by atoms with Gasteiger partial charge in [-0.3, -0.25) is 0 Å².